The van der Waals surface area contributed by atoms with E-state index in [-0.39, 0.29) is 37.5 Å². The highest BCUT2D eigenvalue weighted by molar-refractivity contribution is 5.71. The van der Waals surface area contributed by atoms with Crippen molar-refractivity contribution in [1.82, 2.24) is 0 Å². The van der Waals surface area contributed by atoms with Crippen LogP contribution in [0.1, 0.15) is 265 Å². The van der Waals surface area contributed by atoms with Crippen LogP contribution in [0.25, 0.3) is 0 Å². The van der Waals surface area contributed by atoms with Crippen LogP contribution in [0, 0.1) is 0 Å². The normalized spacial score (nSPS) is 13.1. The van der Waals surface area contributed by atoms with Crippen molar-refractivity contribution >= 4 is 17.9 Å². The fourth-order valence-electron chi connectivity index (χ4n) is 8.10. The number of hydrogen-bond acceptors (Lipinski definition) is 6. The molecule has 0 saturated carbocycles. The summed E-state index contributed by atoms with van der Waals surface area (Å²) in [7, 11) is 0. The van der Waals surface area contributed by atoms with E-state index in [1.807, 2.05) is 12.2 Å². The van der Waals surface area contributed by atoms with Crippen LogP contribution in [-0.2, 0) is 28.6 Å². The van der Waals surface area contributed by atoms with Crippen LogP contribution in [0.2, 0.25) is 0 Å². The molecule has 0 aromatic heterocycles. The number of esters is 3. The van der Waals surface area contributed by atoms with E-state index in [0.29, 0.717) is 19.3 Å². The summed E-state index contributed by atoms with van der Waals surface area (Å²) < 4.78 is 16.8. The maximum atomic E-state index is 12.9. The third-order valence-corrected chi connectivity index (χ3v) is 12.6. The summed E-state index contributed by atoms with van der Waals surface area (Å²) in [6.07, 6.45) is 87.5. The van der Waals surface area contributed by atoms with E-state index >= 15 is 0 Å². The lowest BCUT2D eigenvalue weighted by Gasteiger charge is -2.18. The predicted molar refractivity (Wildman–Crippen MR) is 325 cm³/mol. The van der Waals surface area contributed by atoms with Crippen molar-refractivity contribution in [1.29, 1.82) is 0 Å². The van der Waals surface area contributed by atoms with Gasteiger partial charge in [0.05, 0.1) is 0 Å². The van der Waals surface area contributed by atoms with Gasteiger partial charge in [-0.25, -0.2) is 0 Å². The minimum Gasteiger partial charge on any atom is -0.462 e. The highest BCUT2D eigenvalue weighted by atomic mass is 16.6. The van der Waals surface area contributed by atoms with Crippen LogP contribution in [0.3, 0.4) is 0 Å². The lowest BCUT2D eigenvalue weighted by atomic mass is 10.1. The van der Waals surface area contributed by atoms with Gasteiger partial charge in [0.1, 0.15) is 13.2 Å². The molecule has 75 heavy (non-hydrogen) atoms. The minimum atomic E-state index is -0.822. The van der Waals surface area contributed by atoms with Gasteiger partial charge in [-0.3, -0.25) is 14.4 Å². The molecule has 6 heteroatoms. The molecule has 0 heterocycles. The Balaban J connectivity index is 4.41. The van der Waals surface area contributed by atoms with Crippen molar-refractivity contribution in [2.75, 3.05) is 13.2 Å². The molecule has 424 valence electrons. The molecule has 0 rings (SSSR count). The van der Waals surface area contributed by atoms with Crippen LogP contribution in [-0.4, -0.2) is 37.2 Å². The lowest BCUT2D eigenvalue weighted by molar-refractivity contribution is -0.166. The molecule has 0 amide bonds. The maximum Gasteiger partial charge on any atom is 0.306 e. The fourth-order valence-corrected chi connectivity index (χ4v) is 8.10. The minimum absolute atomic E-state index is 0.112. The van der Waals surface area contributed by atoms with Gasteiger partial charge in [0.25, 0.3) is 0 Å². The molecule has 1 atom stereocenters. The zero-order chi connectivity index (χ0) is 54.3. The molecule has 0 fully saturated rings. The number of hydrogen-bond donors (Lipinski definition) is 0. The van der Waals surface area contributed by atoms with E-state index in [1.165, 1.54) is 103 Å². The summed E-state index contributed by atoms with van der Waals surface area (Å²) in [4.78, 5) is 38.2. The fraction of sp³-hybridized carbons (Fsp3) is 0.638. The lowest BCUT2D eigenvalue weighted by Crippen LogP contribution is -2.30. The Morgan fingerprint density at radius 1 is 0.280 bits per heavy atom. The Hall–Kier alpha value is -4.45. The molecule has 0 aromatic rings. The van der Waals surface area contributed by atoms with Crippen LogP contribution >= 0.6 is 0 Å². The SMILES string of the molecule is CC/C=C\C/C=C\C/C=C\C/C=C\CCCCCCCCC(=O)OC(COC(=O)CC/C=C\C/C=C\C/C=C\C/C=C\CC)COC(=O)CCCCCCCCCCCC/C=C\C/C=C\C/C=C\CCCCCCC. The van der Waals surface area contributed by atoms with Crippen LogP contribution in [0.4, 0.5) is 0 Å². The molecule has 0 radical (unpaired) electrons. The molecule has 0 aliphatic rings. The first-order chi connectivity index (χ1) is 37.0. The summed E-state index contributed by atoms with van der Waals surface area (Å²) in [5, 5.41) is 0. The third-order valence-electron chi connectivity index (χ3n) is 12.6. The molecule has 0 aromatic carbocycles. The van der Waals surface area contributed by atoms with Gasteiger partial charge in [0.2, 0.25) is 0 Å². The quantitative estimate of drug-likeness (QED) is 0.0261. The number of allylic oxidation sites excluding steroid dienone is 22. The summed E-state index contributed by atoms with van der Waals surface area (Å²) in [6, 6.07) is 0. The summed E-state index contributed by atoms with van der Waals surface area (Å²) in [5.74, 6) is -1.02. The van der Waals surface area contributed by atoms with Gasteiger partial charge in [0.15, 0.2) is 6.10 Å². The van der Waals surface area contributed by atoms with Gasteiger partial charge in [-0.05, 0) is 122 Å². The standard InChI is InChI=1S/C69H112O6/c1-4-7-10-13-16-19-22-25-27-29-31-32-33-34-35-36-38-39-41-44-47-50-53-56-59-62-68(71)74-65-66(64-73-67(70)61-58-55-52-49-46-43-24-21-18-15-12-9-6-3)75-69(72)63-60-57-54-51-48-45-42-40-37-30-28-26-23-20-17-14-11-8-5-2/h8-9,11-12,17-18,20-22,25-26,28-29,31,33-34,37,40,43,46,52,55,66H,4-7,10,13-16,19,23-24,27,30,32,35-36,38-39,41-42,44-45,47-51,53-54,56-65H2,1-3H3/b11-8-,12-9-,20-17-,21-18-,25-22-,28-26-,31-29-,34-33-,40-37-,46-43-,55-52-. The number of unbranched alkanes of at least 4 members (excludes halogenated alkanes) is 21. The van der Waals surface area contributed by atoms with E-state index in [1.54, 1.807) is 0 Å². The van der Waals surface area contributed by atoms with Crippen molar-refractivity contribution in [3.63, 3.8) is 0 Å². The van der Waals surface area contributed by atoms with Crippen LogP contribution < -0.4 is 0 Å². The van der Waals surface area contributed by atoms with E-state index in [2.05, 4.69) is 142 Å². The molecule has 1 unspecified atom stereocenters. The zero-order valence-electron chi connectivity index (χ0n) is 48.5. The van der Waals surface area contributed by atoms with Gasteiger partial charge < -0.3 is 14.2 Å². The zero-order valence-corrected chi connectivity index (χ0v) is 48.5. The first kappa shape index (κ1) is 70.5. The summed E-state index contributed by atoms with van der Waals surface area (Å²) in [5.41, 5.74) is 0. The molecule has 0 spiro atoms. The number of rotatable bonds is 54. The predicted octanol–water partition coefficient (Wildman–Crippen LogP) is 21.0. The summed E-state index contributed by atoms with van der Waals surface area (Å²) >= 11 is 0. The van der Waals surface area contributed by atoms with Crippen molar-refractivity contribution in [2.24, 2.45) is 0 Å². The largest absolute Gasteiger partial charge is 0.462 e. The van der Waals surface area contributed by atoms with Gasteiger partial charge in [-0.2, -0.15) is 0 Å². The average molecular weight is 1040 g/mol. The molecule has 0 saturated heterocycles. The van der Waals surface area contributed by atoms with E-state index < -0.39 is 6.10 Å². The summed E-state index contributed by atoms with van der Waals surface area (Å²) in [6.45, 7) is 6.32. The highest BCUT2D eigenvalue weighted by Gasteiger charge is 2.19. The number of ether oxygens (including phenoxy) is 3. The van der Waals surface area contributed by atoms with Crippen LogP contribution in [0.5, 0.6) is 0 Å². The molecule has 0 aliphatic carbocycles. The van der Waals surface area contributed by atoms with Crippen molar-refractivity contribution in [3.05, 3.63) is 134 Å². The molecule has 0 N–H and O–H groups in total. The molecular weight excluding hydrogens is 925 g/mol. The van der Waals surface area contributed by atoms with E-state index in [0.717, 1.165) is 116 Å². The Morgan fingerprint density at radius 3 is 0.893 bits per heavy atom. The Bertz CT molecular complexity index is 1620. The second-order valence-corrected chi connectivity index (χ2v) is 19.8. The monoisotopic (exact) mass is 1040 g/mol. The maximum absolute atomic E-state index is 12.9. The van der Waals surface area contributed by atoms with Gasteiger partial charge in [-0.15, -0.1) is 0 Å². The molecule has 0 bridgehead atoms. The van der Waals surface area contributed by atoms with E-state index in [9.17, 15) is 14.4 Å². The third kappa shape index (κ3) is 60.3. The first-order valence-corrected chi connectivity index (χ1v) is 30.7. The van der Waals surface area contributed by atoms with E-state index in [4.69, 9.17) is 14.2 Å². The smallest absolute Gasteiger partial charge is 0.306 e. The average Bonchev–Trinajstić information content (AvgIpc) is 3.41. The Morgan fingerprint density at radius 2 is 0.547 bits per heavy atom. The van der Waals surface area contributed by atoms with Gasteiger partial charge in [0, 0.05) is 19.3 Å². The Kier molecular flexibility index (Phi) is 58.4. The second-order valence-electron chi connectivity index (χ2n) is 19.8. The van der Waals surface area contributed by atoms with Gasteiger partial charge in [-0.1, -0.05) is 257 Å². The molecule has 6 nitrogen and oxygen atoms in total. The Labute approximate surface area is 462 Å². The van der Waals surface area contributed by atoms with Crippen LogP contribution in [0.15, 0.2) is 134 Å². The topological polar surface area (TPSA) is 78.9 Å². The van der Waals surface area contributed by atoms with Crippen molar-refractivity contribution in [3.8, 4) is 0 Å². The first-order valence-electron chi connectivity index (χ1n) is 30.7. The van der Waals surface area contributed by atoms with Crippen molar-refractivity contribution < 1.29 is 28.6 Å². The number of carbonyl (C=O) groups excluding carboxylic acids is 3. The molecule has 0 aliphatic heterocycles. The van der Waals surface area contributed by atoms with Gasteiger partial charge >= 0.3 is 17.9 Å². The highest BCUT2D eigenvalue weighted by Crippen LogP contribution is 2.15. The second kappa shape index (κ2) is 62.1. The molecular formula is C69H112O6. The van der Waals surface area contributed by atoms with Crippen molar-refractivity contribution in [2.45, 2.75) is 271 Å². The number of carbonyl (C=O) groups is 3.